The summed E-state index contributed by atoms with van der Waals surface area (Å²) in [6, 6.07) is 11.8. The van der Waals surface area contributed by atoms with Crippen LogP contribution in [0.15, 0.2) is 57.3 Å². The zero-order chi connectivity index (χ0) is 20.6. The van der Waals surface area contributed by atoms with Gasteiger partial charge in [-0.2, -0.15) is 5.10 Å². The quantitative estimate of drug-likeness (QED) is 0.325. The van der Waals surface area contributed by atoms with Gasteiger partial charge in [0.05, 0.1) is 18.2 Å². The molecule has 0 spiro atoms. The van der Waals surface area contributed by atoms with Crippen molar-refractivity contribution < 1.29 is 9.21 Å². The Bertz CT molecular complexity index is 948. The molecule has 0 aliphatic rings. The Hall–Kier alpha value is -2.87. The van der Waals surface area contributed by atoms with Crippen LogP contribution < -0.4 is 5.43 Å². The first-order valence-corrected chi connectivity index (χ1v) is 10.5. The van der Waals surface area contributed by atoms with Gasteiger partial charge in [0.15, 0.2) is 11.0 Å². The maximum atomic E-state index is 12.1. The highest BCUT2D eigenvalue weighted by Gasteiger charge is 2.17. The summed E-state index contributed by atoms with van der Waals surface area (Å²) >= 11 is 1.35. The normalized spacial score (nSPS) is 12.4. The first-order chi connectivity index (χ1) is 14.1. The lowest BCUT2D eigenvalue weighted by atomic mass is 10.1. The van der Waals surface area contributed by atoms with E-state index in [1.54, 1.807) is 18.4 Å². The van der Waals surface area contributed by atoms with E-state index in [1.165, 1.54) is 23.5 Å². The molecule has 0 bridgehead atoms. The Morgan fingerprint density at radius 2 is 2.10 bits per heavy atom. The number of hydrogen-bond acceptors (Lipinski definition) is 6. The van der Waals surface area contributed by atoms with E-state index in [1.807, 2.05) is 0 Å². The van der Waals surface area contributed by atoms with Crippen molar-refractivity contribution >= 4 is 23.9 Å². The van der Waals surface area contributed by atoms with Crippen LogP contribution in [0.1, 0.15) is 31.6 Å². The van der Waals surface area contributed by atoms with Gasteiger partial charge in [-0.1, -0.05) is 61.9 Å². The highest BCUT2D eigenvalue weighted by Crippen LogP contribution is 2.26. The van der Waals surface area contributed by atoms with E-state index in [-0.39, 0.29) is 11.7 Å². The molecule has 0 aliphatic heterocycles. The molecule has 0 aliphatic carbocycles. The van der Waals surface area contributed by atoms with Crippen LogP contribution in [0.5, 0.6) is 0 Å². The van der Waals surface area contributed by atoms with Crippen LogP contribution in [0.2, 0.25) is 0 Å². The molecule has 3 rings (SSSR count). The van der Waals surface area contributed by atoms with E-state index in [0.717, 1.165) is 29.5 Å². The molecule has 3 aromatic rings. The maximum Gasteiger partial charge on any atom is 0.250 e. The van der Waals surface area contributed by atoms with Crippen molar-refractivity contribution in [1.82, 2.24) is 20.2 Å². The van der Waals surface area contributed by atoms with Crippen LogP contribution in [-0.2, 0) is 11.3 Å². The minimum Gasteiger partial charge on any atom is -0.463 e. The van der Waals surface area contributed by atoms with Gasteiger partial charge in [-0.25, -0.2) is 5.43 Å². The number of furan rings is 1. The number of carbonyl (C=O) groups excluding carboxylic acids is 1. The number of thioether (sulfide) groups is 1. The Morgan fingerprint density at radius 3 is 2.79 bits per heavy atom. The molecule has 0 saturated heterocycles. The van der Waals surface area contributed by atoms with Gasteiger partial charge in [-0.3, -0.25) is 4.79 Å². The maximum absolute atomic E-state index is 12.1. The van der Waals surface area contributed by atoms with Gasteiger partial charge in [0.2, 0.25) is 0 Å². The van der Waals surface area contributed by atoms with Crippen molar-refractivity contribution in [1.29, 1.82) is 0 Å². The Labute approximate surface area is 174 Å². The topological polar surface area (TPSA) is 85.3 Å². The smallest absolute Gasteiger partial charge is 0.250 e. The second kappa shape index (κ2) is 10.1. The molecule has 8 heteroatoms. The van der Waals surface area contributed by atoms with E-state index in [2.05, 4.69) is 70.3 Å². The summed E-state index contributed by atoms with van der Waals surface area (Å²) in [6.45, 7) is 7.22. The molecule has 2 aromatic heterocycles. The van der Waals surface area contributed by atoms with Crippen LogP contribution >= 0.6 is 11.8 Å². The van der Waals surface area contributed by atoms with E-state index in [4.69, 9.17) is 4.42 Å². The Balaban J connectivity index is 1.69. The van der Waals surface area contributed by atoms with Gasteiger partial charge in [0.25, 0.3) is 5.91 Å². The second-order valence-corrected chi connectivity index (χ2v) is 7.84. The lowest BCUT2D eigenvalue weighted by Crippen LogP contribution is -2.20. The molecular formula is C21H25N5O2S. The minimum absolute atomic E-state index is 0.196. The van der Waals surface area contributed by atoms with Crippen molar-refractivity contribution in [3.8, 4) is 11.4 Å². The average molecular weight is 412 g/mol. The summed E-state index contributed by atoms with van der Waals surface area (Å²) < 4.78 is 7.23. The molecule has 1 unspecified atom stereocenters. The van der Waals surface area contributed by atoms with Gasteiger partial charge < -0.3 is 8.98 Å². The predicted octanol–water partition coefficient (Wildman–Crippen LogP) is 4.14. The number of aromatic nitrogens is 3. The number of rotatable bonds is 9. The van der Waals surface area contributed by atoms with Gasteiger partial charge in [0.1, 0.15) is 5.76 Å². The molecular weight excluding hydrogens is 386 g/mol. The fraction of sp³-hybridized carbons (Fsp3) is 0.333. The lowest BCUT2D eigenvalue weighted by Gasteiger charge is -2.14. The SMILES string of the molecule is CCC(C)Cn1c(SCC(=O)NN=Cc2ccco2)nnc1-c1ccc(C)cc1. The van der Waals surface area contributed by atoms with E-state index in [0.29, 0.717) is 11.7 Å². The highest BCUT2D eigenvalue weighted by molar-refractivity contribution is 7.99. The molecule has 2 heterocycles. The summed E-state index contributed by atoms with van der Waals surface area (Å²) in [5.74, 6) is 1.86. The average Bonchev–Trinajstić information content (AvgIpc) is 3.37. The third-order valence-electron chi connectivity index (χ3n) is 4.47. The van der Waals surface area contributed by atoms with E-state index < -0.39 is 0 Å². The second-order valence-electron chi connectivity index (χ2n) is 6.89. The van der Waals surface area contributed by atoms with Crippen molar-refractivity contribution in [2.75, 3.05) is 5.75 Å². The number of hydrogen-bond donors (Lipinski definition) is 1. The predicted molar refractivity (Wildman–Crippen MR) is 115 cm³/mol. The third kappa shape index (κ3) is 5.80. The Morgan fingerprint density at radius 1 is 1.31 bits per heavy atom. The number of aryl methyl sites for hydroxylation is 1. The number of hydrazone groups is 1. The van der Waals surface area contributed by atoms with Crippen LogP contribution in [-0.4, -0.2) is 32.6 Å². The number of benzene rings is 1. The largest absolute Gasteiger partial charge is 0.463 e. The molecule has 1 aromatic carbocycles. The number of amides is 1. The van der Waals surface area contributed by atoms with Crippen molar-refractivity contribution in [3.05, 3.63) is 54.0 Å². The summed E-state index contributed by atoms with van der Waals surface area (Å²) in [7, 11) is 0. The van der Waals surface area contributed by atoms with Gasteiger partial charge in [-0.15, -0.1) is 10.2 Å². The zero-order valence-corrected chi connectivity index (χ0v) is 17.6. The number of carbonyl (C=O) groups is 1. The zero-order valence-electron chi connectivity index (χ0n) is 16.8. The molecule has 0 saturated carbocycles. The molecule has 1 N–H and O–H groups in total. The van der Waals surface area contributed by atoms with Crippen LogP contribution in [0.4, 0.5) is 0 Å². The number of nitrogens with one attached hydrogen (secondary N) is 1. The highest BCUT2D eigenvalue weighted by atomic mass is 32.2. The first kappa shape index (κ1) is 20.9. The van der Waals surface area contributed by atoms with Gasteiger partial charge >= 0.3 is 0 Å². The van der Waals surface area contributed by atoms with Crippen molar-refractivity contribution in [3.63, 3.8) is 0 Å². The summed E-state index contributed by atoms with van der Waals surface area (Å²) in [5.41, 5.74) is 4.72. The van der Waals surface area contributed by atoms with Crippen molar-refractivity contribution in [2.45, 2.75) is 38.9 Å². The summed E-state index contributed by atoms with van der Waals surface area (Å²) in [4.78, 5) is 12.1. The molecule has 7 nitrogen and oxygen atoms in total. The standard InChI is InChI=1S/C21H25N5O2S/c1-4-15(2)13-26-20(17-9-7-16(3)8-10-17)24-25-21(26)29-14-19(27)23-22-12-18-6-5-11-28-18/h5-12,15H,4,13-14H2,1-3H3,(H,23,27). The van der Waals surface area contributed by atoms with E-state index >= 15 is 0 Å². The monoisotopic (exact) mass is 411 g/mol. The number of nitrogens with zero attached hydrogens (tertiary/aromatic N) is 4. The lowest BCUT2D eigenvalue weighted by molar-refractivity contribution is -0.118. The Kier molecular flexibility index (Phi) is 7.24. The first-order valence-electron chi connectivity index (χ1n) is 9.55. The molecule has 152 valence electrons. The molecule has 1 amide bonds. The fourth-order valence-electron chi connectivity index (χ4n) is 2.61. The molecule has 1 atom stereocenters. The van der Waals surface area contributed by atoms with Crippen LogP contribution in [0.3, 0.4) is 0 Å². The van der Waals surface area contributed by atoms with Crippen molar-refractivity contribution in [2.24, 2.45) is 11.0 Å². The molecule has 29 heavy (non-hydrogen) atoms. The van der Waals surface area contributed by atoms with Crippen LogP contribution in [0, 0.1) is 12.8 Å². The third-order valence-corrected chi connectivity index (χ3v) is 5.44. The van der Waals surface area contributed by atoms with Crippen LogP contribution in [0.25, 0.3) is 11.4 Å². The van der Waals surface area contributed by atoms with E-state index in [9.17, 15) is 4.79 Å². The molecule has 0 fully saturated rings. The summed E-state index contributed by atoms with van der Waals surface area (Å²) in [6.07, 6.45) is 4.07. The fourth-order valence-corrected chi connectivity index (χ4v) is 3.35. The summed E-state index contributed by atoms with van der Waals surface area (Å²) in [5, 5.41) is 13.4. The van der Waals surface area contributed by atoms with Gasteiger partial charge in [0, 0.05) is 12.1 Å². The molecule has 0 radical (unpaired) electrons. The minimum atomic E-state index is -0.215. The van der Waals surface area contributed by atoms with Gasteiger partial charge in [-0.05, 0) is 25.0 Å².